The SMILES string of the molecule is Cc1ccc(N2C(=O)CC(Nc3cc(C)cc(C)c3)C2=O)cc1. The highest BCUT2D eigenvalue weighted by Gasteiger charge is 2.39. The minimum absolute atomic E-state index is 0.166. The predicted octanol–water partition coefficient (Wildman–Crippen LogP) is 3.36. The van der Waals surface area contributed by atoms with E-state index in [1.54, 1.807) is 0 Å². The Balaban J connectivity index is 1.82. The first-order valence-electron chi connectivity index (χ1n) is 7.72. The molecule has 2 amide bonds. The number of carbonyl (C=O) groups is 2. The number of aryl methyl sites for hydroxylation is 3. The Labute approximate surface area is 136 Å². The Hall–Kier alpha value is -2.62. The van der Waals surface area contributed by atoms with E-state index in [1.165, 1.54) is 4.90 Å². The van der Waals surface area contributed by atoms with Crippen LogP contribution in [0.1, 0.15) is 23.1 Å². The van der Waals surface area contributed by atoms with Crippen LogP contribution in [0.2, 0.25) is 0 Å². The van der Waals surface area contributed by atoms with Crippen LogP contribution in [0.15, 0.2) is 42.5 Å². The zero-order chi connectivity index (χ0) is 16.6. The summed E-state index contributed by atoms with van der Waals surface area (Å²) in [4.78, 5) is 26.2. The normalized spacial score (nSPS) is 17.7. The molecule has 2 aromatic rings. The summed E-state index contributed by atoms with van der Waals surface area (Å²) in [6.07, 6.45) is 0.180. The van der Waals surface area contributed by atoms with Crippen LogP contribution < -0.4 is 10.2 Å². The molecule has 0 aliphatic carbocycles. The number of benzene rings is 2. The van der Waals surface area contributed by atoms with E-state index in [0.29, 0.717) is 5.69 Å². The summed E-state index contributed by atoms with van der Waals surface area (Å²) in [5.74, 6) is -0.362. The lowest BCUT2D eigenvalue weighted by Crippen LogP contribution is -2.34. The van der Waals surface area contributed by atoms with E-state index in [2.05, 4.69) is 11.4 Å². The molecule has 1 N–H and O–H groups in total. The molecular formula is C19H20N2O2. The van der Waals surface area contributed by atoms with Crippen molar-refractivity contribution >= 4 is 23.2 Å². The molecule has 0 bridgehead atoms. The number of rotatable bonds is 3. The summed E-state index contributed by atoms with van der Waals surface area (Å²) in [6, 6.07) is 13.0. The third-order valence-corrected chi connectivity index (χ3v) is 4.00. The second-order valence-electron chi connectivity index (χ2n) is 6.18. The van der Waals surface area contributed by atoms with Crippen molar-refractivity contribution in [1.29, 1.82) is 0 Å². The molecule has 1 heterocycles. The van der Waals surface area contributed by atoms with Gasteiger partial charge in [-0.15, -0.1) is 0 Å². The van der Waals surface area contributed by atoms with E-state index < -0.39 is 6.04 Å². The molecule has 2 aromatic carbocycles. The smallest absolute Gasteiger partial charge is 0.256 e. The second kappa shape index (κ2) is 5.88. The van der Waals surface area contributed by atoms with Gasteiger partial charge in [0.1, 0.15) is 6.04 Å². The topological polar surface area (TPSA) is 49.4 Å². The summed E-state index contributed by atoms with van der Waals surface area (Å²) < 4.78 is 0. The number of hydrogen-bond donors (Lipinski definition) is 1. The Bertz CT molecular complexity index is 745. The van der Waals surface area contributed by atoms with Gasteiger partial charge in [-0.2, -0.15) is 0 Å². The number of imide groups is 1. The van der Waals surface area contributed by atoms with Crippen molar-refractivity contribution in [3.8, 4) is 0 Å². The summed E-state index contributed by atoms with van der Waals surface area (Å²) in [5.41, 5.74) is 4.85. The lowest BCUT2D eigenvalue weighted by Gasteiger charge is -2.16. The molecule has 4 heteroatoms. The third-order valence-electron chi connectivity index (χ3n) is 4.00. The Morgan fingerprint density at radius 3 is 2.13 bits per heavy atom. The van der Waals surface area contributed by atoms with Crippen LogP contribution in [-0.2, 0) is 9.59 Å². The third kappa shape index (κ3) is 3.11. The molecular weight excluding hydrogens is 288 g/mol. The molecule has 0 radical (unpaired) electrons. The molecule has 0 saturated carbocycles. The molecule has 23 heavy (non-hydrogen) atoms. The van der Waals surface area contributed by atoms with Crippen molar-refractivity contribution < 1.29 is 9.59 Å². The van der Waals surface area contributed by atoms with Gasteiger partial charge >= 0.3 is 0 Å². The standard InChI is InChI=1S/C19H20N2O2/c1-12-4-6-16(7-5-12)21-18(22)11-17(19(21)23)20-15-9-13(2)8-14(3)10-15/h4-10,17,20H,11H2,1-3H3. The summed E-state index contributed by atoms with van der Waals surface area (Å²) in [7, 11) is 0. The maximum absolute atomic E-state index is 12.6. The van der Waals surface area contributed by atoms with Gasteiger partial charge < -0.3 is 5.32 Å². The minimum Gasteiger partial charge on any atom is -0.373 e. The molecule has 1 unspecified atom stereocenters. The number of anilines is 2. The van der Waals surface area contributed by atoms with Crippen LogP contribution in [-0.4, -0.2) is 17.9 Å². The van der Waals surface area contributed by atoms with Crippen molar-refractivity contribution in [3.05, 3.63) is 59.2 Å². The maximum Gasteiger partial charge on any atom is 0.256 e. The molecule has 1 aliphatic heterocycles. The van der Waals surface area contributed by atoms with Crippen LogP contribution in [0.5, 0.6) is 0 Å². The quantitative estimate of drug-likeness (QED) is 0.885. The molecule has 1 fully saturated rings. The van der Waals surface area contributed by atoms with Gasteiger partial charge in [0.25, 0.3) is 5.91 Å². The van der Waals surface area contributed by atoms with Gasteiger partial charge in [0.2, 0.25) is 5.91 Å². The van der Waals surface area contributed by atoms with Gasteiger partial charge in [0, 0.05) is 5.69 Å². The predicted molar refractivity (Wildman–Crippen MR) is 91.6 cm³/mol. The van der Waals surface area contributed by atoms with Crippen molar-refractivity contribution in [1.82, 2.24) is 0 Å². The summed E-state index contributed by atoms with van der Waals surface area (Å²) >= 11 is 0. The molecule has 3 rings (SSSR count). The zero-order valence-electron chi connectivity index (χ0n) is 13.6. The lowest BCUT2D eigenvalue weighted by atomic mass is 10.1. The first kappa shape index (κ1) is 15.3. The number of hydrogen-bond acceptors (Lipinski definition) is 3. The largest absolute Gasteiger partial charge is 0.373 e. The van der Waals surface area contributed by atoms with Crippen molar-refractivity contribution in [2.75, 3.05) is 10.2 Å². The fraction of sp³-hybridized carbons (Fsp3) is 0.263. The van der Waals surface area contributed by atoms with E-state index >= 15 is 0 Å². The van der Waals surface area contributed by atoms with Crippen LogP contribution in [0.4, 0.5) is 11.4 Å². The van der Waals surface area contributed by atoms with Crippen molar-refractivity contribution in [2.45, 2.75) is 33.2 Å². The first-order chi connectivity index (χ1) is 10.9. The Morgan fingerprint density at radius 2 is 1.52 bits per heavy atom. The van der Waals surface area contributed by atoms with Crippen molar-refractivity contribution in [3.63, 3.8) is 0 Å². The van der Waals surface area contributed by atoms with Crippen LogP contribution in [0, 0.1) is 20.8 Å². The first-order valence-corrected chi connectivity index (χ1v) is 7.72. The highest BCUT2D eigenvalue weighted by molar-refractivity contribution is 6.23. The summed E-state index contributed by atoms with van der Waals surface area (Å²) in [6.45, 7) is 6.00. The number of nitrogens with one attached hydrogen (secondary N) is 1. The molecule has 0 aromatic heterocycles. The van der Waals surface area contributed by atoms with E-state index in [0.717, 1.165) is 22.4 Å². The van der Waals surface area contributed by atoms with Gasteiger partial charge in [-0.1, -0.05) is 23.8 Å². The van der Waals surface area contributed by atoms with Gasteiger partial charge in [0.05, 0.1) is 12.1 Å². The Kier molecular flexibility index (Phi) is 3.90. The fourth-order valence-electron chi connectivity index (χ4n) is 2.97. The highest BCUT2D eigenvalue weighted by Crippen LogP contribution is 2.25. The fourth-order valence-corrected chi connectivity index (χ4v) is 2.97. The number of nitrogens with zero attached hydrogens (tertiary/aromatic N) is 1. The summed E-state index contributed by atoms with van der Waals surface area (Å²) in [5, 5.41) is 3.20. The van der Waals surface area contributed by atoms with Gasteiger partial charge in [-0.3, -0.25) is 9.59 Å². The maximum atomic E-state index is 12.6. The monoisotopic (exact) mass is 308 g/mol. The lowest BCUT2D eigenvalue weighted by molar-refractivity contribution is -0.121. The van der Waals surface area contributed by atoms with E-state index in [9.17, 15) is 9.59 Å². The van der Waals surface area contributed by atoms with E-state index in [1.807, 2.05) is 57.2 Å². The molecule has 0 spiro atoms. The van der Waals surface area contributed by atoms with Crippen LogP contribution in [0.25, 0.3) is 0 Å². The van der Waals surface area contributed by atoms with E-state index in [-0.39, 0.29) is 18.2 Å². The van der Waals surface area contributed by atoms with Gasteiger partial charge in [0.15, 0.2) is 0 Å². The highest BCUT2D eigenvalue weighted by atomic mass is 16.2. The average Bonchev–Trinajstić information content (AvgIpc) is 2.74. The number of carbonyl (C=O) groups excluding carboxylic acids is 2. The number of amides is 2. The average molecular weight is 308 g/mol. The van der Waals surface area contributed by atoms with Crippen LogP contribution in [0.3, 0.4) is 0 Å². The van der Waals surface area contributed by atoms with Crippen molar-refractivity contribution in [2.24, 2.45) is 0 Å². The molecule has 1 aliphatic rings. The van der Waals surface area contributed by atoms with Gasteiger partial charge in [-0.25, -0.2) is 4.90 Å². The Morgan fingerprint density at radius 1 is 0.913 bits per heavy atom. The molecule has 118 valence electrons. The molecule has 4 nitrogen and oxygen atoms in total. The zero-order valence-corrected chi connectivity index (χ0v) is 13.6. The minimum atomic E-state index is -0.509. The molecule has 1 saturated heterocycles. The second-order valence-corrected chi connectivity index (χ2v) is 6.18. The van der Waals surface area contributed by atoms with Gasteiger partial charge in [-0.05, 0) is 56.2 Å². The van der Waals surface area contributed by atoms with E-state index in [4.69, 9.17) is 0 Å². The van der Waals surface area contributed by atoms with Crippen LogP contribution >= 0.6 is 0 Å². The molecule has 1 atom stereocenters.